The van der Waals surface area contributed by atoms with Gasteiger partial charge in [0.2, 0.25) is 0 Å². The van der Waals surface area contributed by atoms with Gasteiger partial charge in [-0.2, -0.15) is 0 Å². The molecule has 0 aliphatic carbocycles. The van der Waals surface area contributed by atoms with Crippen LogP contribution in [0, 0.1) is 0 Å². The number of hydrogen-bond donors (Lipinski definition) is 0. The van der Waals surface area contributed by atoms with Crippen LogP contribution in [-0.4, -0.2) is 23.2 Å². The number of hydrogen-bond acceptors (Lipinski definition) is 4. The Hall–Kier alpha value is -2.49. The van der Waals surface area contributed by atoms with Crippen LogP contribution in [0.1, 0.15) is 40.5 Å². The van der Waals surface area contributed by atoms with Crippen LogP contribution in [-0.2, 0) is 0 Å². The number of carbonyl (C=O) groups is 2. The standard InChI is InChI=1S/C17H17NO3/c1-2-10-21-15-7-5-13(6-8-15)16(19)11-17(20)14-4-3-9-18-12-14/h3-9,12H,2,10-11H2,1H3. The lowest BCUT2D eigenvalue weighted by atomic mass is 10.0. The first kappa shape index (κ1) is 14.9. The molecule has 0 saturated carbocycles. The van der Waals surface area contributed by atoms with Crippen LogP contribution < -0.4 is 4.74 Å². The van der Waals surface area contributed by atoms with Crippen molar-refractivity contribution in [3.05, 3.63) is 59.9 Å². The Morgan fingerprint density at radius 3 is 2.38 bits per heavy atom. The van der Waals surface area contributed by atoms with Gasteiger partial charge in [-0.15, -0.1) is 0 Å². The molecule has 1 aromatic carbocycles. The number of ketones is 2. The number of aromatic nitrogens is 1. The molecule has 4 nitrogen and oxygen atoms in total. The summed E-state index contributed by atoms with van der Waals surface area (Å²) < 4.78 is 5.45. The van der Waals surface area contributed by atoms with Crippen LogP contribution >= 0.6 is 0 Å². The molecule has 0 amide bonds. The van der Waals surface area contributed by atoms with Crippen LogP contribution in [0.4, 0.5) is 0 Å². The fourth-order valence-corrected chi connectivity index (χ4v) is 1.83. The molecule has 0 fully saturated rings. The van der Waals surface area contributed by atoms with Crippen molar-refractivity contribution in [3.8, 4) is 5.75 Å². The Kier molecular flexibility index (Phi) is 5.21. The molecule has 108 valence electrons. The molecular formula is C17H17NO3. The van der Waals surface area contributed by atoms with E-state index < -0.39 is 0 Å². The number of pyridine rings is 1. The monoisotopic (exact) mass is 283 g/mol. The Morgan fingerprint density at radius 1 is 1.05 bits per heavy atom. The summed E-state index contributed by atoms with van der Waals surface area (Å²) in [4.78, 5) is 27.9. The molecule has 0 N–H and O–H groups in total. The average molecular weight is 283 g/mol. The van der Waals surface area contributed by atoms with Gasteiger partial charge in [-0.05, 0) is 42.8 Å². The van der Waals surface area contributed by atoms with Gasteiger partial charge in [0, 0.05) is 23.5 Å². The molecule has 0 saturated heterocycles. The third kappa shape index (κ3) is 4.24. The van der Waals surface area contributed by atoms with Crippen molar-refractivity contribution in [1.29, 1.82) is 0 Å². The van der Waals surface area contributed by atoms with E-state index in [0.717, 1.165) is 12.2 Å². The predicted molar refractivity (Wildman–Crippen MR) is 79.7 cm³/mol. The zero-order valence-electron chi connectivity index (χ0n) is 11.9. The zero-order valence-corrected chi connectivity index (χ0v) is 11.9. The quantitative estimate of drug-likeness (QED) is 0.577. The highest BCUT2D eigenvalue weighted by Gasteiger charge is 2.13. The van der Waals surface area contributed by atoms with Gasteiger partial charge >= 0.3 is 0 Å². The minimum atomic E-state index is -0.223. The first-order chi connectivity index (χ1) is 10.2. The first-order valence-electron chi connectivity index (χ1n) is 6.90. The molecule has 4 heteroatoms. The topological polar surface area (TPSA) is 56.3 Å². The van der Waals surface area contributed by atoms with Gasteiger partial charge in [-0.25, -0.2) is 0 Å². The molecule has 2 rings (SSSR count). The van der Waals surface area contributed by atoms with E-state index in [4.69, 9.17) is 4.74 Å². The SMILES string of the molecule is CCCOc1ccc(C(=O)CC(=O)c2cccnc2)cc1. The smallest absolute Gasteiger partial charge is 0.172 e. The molecule has 0 unspecified atom stereocenters. The summed E-state index contributed by atoms with van der Waals surface area (Å²) in [6, 6.07) is 10.2. The Bertz CT molecular complexity index is 606. The maximum atomic E-state index is 12.1. The van der Waals surface area contributed by atoms with Crippen molar-refractivity contribution in [3.63, 3.8) is 0 Å². The molecular weight excluding hydrogens is 266 g/mol. The predicted octanol–water partition coefficient (Wildman–Crippen LogP) is 3.33. The van der Waals surface area contributed by atoms with Gasteiger partial charge in [0.25, 0.3) is 0 Å². The van der Waals surface area contributed by atoms with Crippen LogP contribution in [0.2, 0.25) is 0 Å². The fraction of sp³-hybridized carbons (Fsp3) is 0.235. The molecule has 0 radical (unpaired) electrons. The molecule has 0 aliphatic rings. The number of Topliss-reactive ketones (excluding diaryl/α,β-unsaturated/α-hetero) is 2. The van der Waals surface area contributed by atoms with E-state index in [2.05, 4.69) is 4.98 Å². The molecule has 2 aromatic rings. The summed E-state index contributed by atoms with van der Waals surface area (Å²) in [5.74, 6) is 0.303. The molecule has 1 heterocycles. The highest BCUT2D eigenvalue weighted by Crippen LogP contribution is 2.14. The lowest BCUT2D eigenvalue weighted by Crippen LogP contribution is -2.08. The number of rotatable bonds is 7. The van der Waals surface area contributed by atoms with Gasteiger partial charge in [-0.3, -0.25) is 14.6 Å². The third-order valence-electron chi connectivity index (χ3n) is 2.95. The van der Waals surface area contributed by atoms with Crippen LogP contribution in [0.3, 0.4) is 0 Å². The van der Waals surface area contributed by atoms with Crippen molar-refractivity contribution in [1.82, 2.24) is 4.98 Å². The highest BCUT2D eigenvalue weighted by atomic mass is 16.5. The lowest BCUT2D eigenvalue weighted by molar-refractivity contribution is 0.0894. The van der Waals surface area contributed by atoms with E-state index in [0.29, 0.717) is 17.7 Å². The number of benzene rings is 1. The second-order valence-electron chi connectivity index (χ2n) is 4.64. The summed E-state index contributed by atoms with van der Waals surface area (Å²) in [6.45, 7) is 2.68. The zero-order chi connectivity index (χ0) is 15.1. The Balaban J connectivity index is 1.98. The minimum absolute atomic E-state index is 0.152. The summed E-state index contributed by atoms with van der Waals surface area (Å²) >= 11 is 0. The maximum absolute atomic E-state index is 12.1. The fourth-order valence-electron chi connectivity index (χ4n) is 1.83. The Morgan fingerprint density at radius 2 is 1.76 bits per heavy atom. The highest BCUT2D eigenvalue weighted by molar-refractivity contribution is 6.13. The van der Waals surface area contributed by atoms with Gasteiger partial charge < -0.3 is 4.74 Å². The van der Waals surface area contributed by atoms with Gasteiger partial charge in [0.15, 0.2) is 11.6 Å². The average Bonchev–Trinajstić information content (AvgIpc) is 2.54. The first-order valence-corrected chi connectivity index (χ1v) is 6.90. The number of ether oxygens (including phenoxy) is 1. The molecule has 1 aromatic heterocycles. The van der Waals surface area contributed by atoms with Gasteiger partial charge in [0.05, 0.1) is 13.0 Å². The van der Waals surface area contributed by atoms with E-state index in [-0.39, 0.29) is 18.0 Å². The Labute approximate surface area is 123 Å². The lowest BCUT2D eigenvalue weighted by Gasteiger charge is -2.05. The van der Waals surface area contributed by atoms with Gasteiger partial charge in [0.1, 0.15) is 5.75 Å². The molecule has 0 bridgehead atoms. The molecule has 0 atom stereocenters. The molecule has 0 aliphatic heterocycles. The maximum Gasteiger partial charge on any atom is 0.172 e. The molecule has 0 spiro atoms. The van der Waals surface area contributed by atoms with Crippen molar-refractivity contribution >= 4 is 11.6 Å². The normalized spacial score (nSPS) is 10.1. The van der Waals surface area contributed by atoms with E-state index in [1.165, 1.54) is 6.20 Å². The van der Waals surface area contributed by atoms with Gasteiger partial charge in [-0.1, -0.05) is 6.92 Å². The van der Waals surface area contributed by atoms with E-state index in [9.17, 15) is 9.59 Å². The summed E-state index contributed by atoms with van der Waals surface area (Å²) in [5, 5.41) is 0. The van der Waals surface area contributed by atoms with E-state index in [1.54, 1.807) is 42.6 Å². The second kappa shape index (κ2) is 7.33. The van der Waals surface area contributed by atoms with Crippen LogP contribution in [0.15, 0.2) is 48.8 Å². The second-order valence-corrected chi connectivity index (χ2v) is 4.64. The van der Waals surface area contributed by atoms with Crippen molar-refractivity contribution in [2.45, 2.75) is 19.8 Å². The minimum Gasteiger partial charge on any atom is -0.494 e. The van der Waals surface area contributed by atoms with Crippen LogP contribution in [0.25, 0.3) is 0 Å². The van der Waals surface area contributed by atoms with Crippen molar-refractivity contribution in [2.75, 3.05) is 6.61 Å². The van der Waals surface area contributed by atoms with Crippen LogP contribution in [0.5, 0.6) is 5.75 Å². The summed E-state index contributed by atoms with van der Waals surface area (Å²) in [6.07, 6.45) is 3.84. The summed E-state index contributed by atoms with van der Waals surface area (Å²) in [5.41, 5.74) is 0.963. The van der Waals surface area contributed by atoms with Crippen molar-refractivity contribution < 1.29 is 14.3 Å². The summed E-state index contributed by atoms with van der Waals surface area (Å²) in [7, 11) is 0. The third-order valence-corrected chi connectivity index (χ3v) is 2.95. The van der Waals surface area contributed by atoms with E-state index >= 15 is 0 Å². The molecule has 21 heavy (non-hydrogen) atoms. The number of carbonyl (C=O) groups excluding carboxylic acids is 2. The van der Waals surface area contributed by atoms with E-state index in [1.807, 2.05) is 6.92 Å². The largest absolute Gasteiger partial charge is 0.494 e. The van der Waals surface area contributed by atoms with Crippen molar-refractivity contribution in [2.24, 2.45) is 0 Å². The number of nitrogens with zero attached hydrogens (tertiary/aromatic N) is 1.